The lowest BCUT2D eigenvalue weighted by Crippen LogP contribution is -2.13. The number of carboxylic acids is 1. The predicted molar refractivity (Wildman–Crippen MR) is 104 cm³/mol. The Kier molecular flexibility index (Phi) is 5.62. The summed E-state index contributed by atoms with van der Waals surface area (Å²) in [6.45, 7) is 1.90. The molecule has 146 valence electrons. The van der Waals surface area contributed by atoms with Crippen LogP contribution in [0.25, 0.3) is 22.5 Å². The van der Waals surface area contributed by atoms with E-state index in [1.807, 2.05) is 37.3 Å². The minimum Gasteiger partial charge on any atom is -0.481 e. The topological polar surface area (TPSA) is 123 Å². The van der Waals surface area contributed by atoms with Crippen molar-refractivity contribution >= 4 is 16.0 Å². The lowest BCUT2D eigenvalue weighted by molar-refractivity contribution is -0.139. The Hall–Kier alpha value is -2.97. The summed E-state index contributed by atoms with van der Waals surface area (Å²) in [6, 6.07) is 15.1. The van der Waals surface area contributed by atoms with Crippen LogP contribution in [0.15, 0.2) is 64.0 Å². The minimum atomic E-state index is -3.83. The van der Waals surface area contributed by atoms with Crippen molar-refractivity contribution in [3.8, 4) is 22.5 Å². The first-order valence-corrected chi connectivity index (χ1v) is 10.3. The third-order valence-corrected chi connectivity index (χ3v) is 5.36. The summed E-state index contributed by atoms with van der Waals surface area (Å²) < 4.78 is 28.6. The van der Waals surface area contributed by atoms with Crippen molar-refractivity contribution in [3.63, 3.8) is 0 Å². The number of hydrogen-bond acceptors (Lipinski definition) is 5. The summed E-state index contributed by atoms with van der Waals surface area (Å²) in [6.07, 6.45) is 1.06. The molecule has 0 radical (unpaired) electrons. The molecule has 3 N–H and O–H groups in total. The van der Waals surface area contributed by atoms with E-state index in [1.54, 1.807) is 12.1 Å². The molecular formula is C20H20N2O5S. The van der Waals surface area contributed by atoms with Gasteiger partial charge in [-0.2, -0.15) is 0 Å². The zero-order valence-electron chi connectivity index (χ0n) is 15.2. The second kappa shape index (κ2) is 7.95. The highest BCUT2D eigenvalue weighted by atomic mass is 32.2. The number of carboxylic acid groups (broad SMARTS) is 1. The normalized spacial score (nSPS) is 12.6. The van der Waals surface area contributed by atoms with Gasteiger partial charge in [-0.15, -0.1) is 0 Å². The molecule has 0 saturated carbocycles. The Morgan fingerprint density at radius 1 is 1.11 bits per heavy atom. The van der Waals surface area contributed by atoms with E-state index in [0.29, 0.717) is 35.4 Å². The fourth-order valence-corrected chi connectivity index (χ4v) is 3.60. The highest BCUT2D eigenvalue weighted by Gasteiger charge is 2.29. The Balaban J connectivity index is 2.21. The number of nitrogens with zero attached hydrogens (tertiary/aromatic N) is 1. The molecule has 1 unspecified atom stereocenters. The second-order valence-electron chi connectivity index (χ2n) is 6.39. The molecule has 0 amide bonds. The van der Waals surface area contributed by atoms with Crippen molar-refractivity contribution in [2.45, 2.75) is 30.6 Å². The Bertz CT molecular complexity index is 1070. The second-order valence-corrected chi connectivity index (χ2v) is 7.95. The summed E-state index contributed by atoms with van der Waals surface area (Å²) in [5.74, 6) is -1.39. The van der Waals surface area contributed by atoms with Crippen molar-refractivity contribution in [1.82, 2.24) is 5.16 Å². The predicted octanol–water partition coefficient (Wildman–Crippen LogP) is 3.62. The lowest BCUT2D eigenvalue weighted by Gasteiger charge is -2.11. The molecule has 0 aliphatic heterocycles. The van der Waals surface area contributed by atoms with E-state index in [1.165, 1.54) is 12.1 Å². The molecule has 7 nitrogen and oxygen atoms in total. The van der Waals surface area contributed by atoms with Gasteiger partial charge in [0.25, 0.3) is 0 Å². The summed E-state index contributed by atoms with van der Waals surface area (Å²) in [5.41, 5.74) is 2.20. The number of aromatic nitrogens is 1. The molecule has 0 fully saturated rings. The highest BCUT2D eigenvalue weighted by molar-refractivity contribution is 7.89. The zero-order chi connectivity index (χ0) is 20.3. The van der Waals surface area contributed by atoms with Crippen LogP contribution in [0.1, 0.15) is 31.4 Å². The van der Waals surface area contributed by atoms with Gasteiger partial charge in [-0.25, -0.2) is 13.6 Å². The summed E-state index contributed by atoms with van der Waals surface area (Å²) in [4.78, 5) is 11.8. The molecule has 0 aliphatic rings. The summed E-state index contributed by atoms with van der Waals surface area (Å²) >= 11 is 0. The summed E-state index contributed by atoms with van der Waals surface area (Å²) in [5, 5.41) is 18.9. The van der Waals surface area contributed by atoms with Gasteiger partial charge >= 0.3 is 5.97 Å². The number of hydrogen-bond donors (Lipinski definition) is 2. The maximum absolute atomic E-state index is 11.8. The van der Waals surface area contributed by atoms with Crippen LogP contribution in [0.2, 0.25) is 0 Å². The van der Waals surface area contributed by atoms with E-state index in [2.05, 4.69) is 5.16 Å². The molecule has 2 aromatic carbocycles. The minimum absolute atomic E-state index is 0.0288. The maximum atomic E-state index is 11.8. The van der Waals surface area contributed by atoms with Crippen LogP contribution >= 0.6 is 0 Å². The van der Waals surface area contributed by atoms with Crippen LogP contribution in [-0.2, 0) is 14.8 Å². The molecule has 0 saturated heterocycles. The number of rotatable bonds is 7. The molecule has 1 aromatic heterocycles. The number of sulfonamides is 1. The Labute approximate surface area is 162 Å². The van der Waals surface area contributed by atoms with E-state index in [-0.39, 0.29) is 4.90 Å². The molecule has 8 heteroatoms. The molecule has 0 aliphatic carbocycles. The largest absolute Gasteiger partial charge is 0.481 e. The molecule has 3 rings (SSSR count). The van der Waals surface area contributed by atoms with Crippen LogP contribution in [0.4, 0.5) is 0 Å². The van der Waals surface area contributed by atoms with Crippen LogP contribution in [0.5, 0.6) is 0 Å². The average Bonchev–Trinajstić information content (AvgIpc) is 3.10. The molecular weight excluding hydrogens is 380 g/mol. The van der Waals surface area contributed by atoms with E-state index in [9.17, 15) is 18.3 Å². The van der Waals surface area contributed by atoms with Gasteiger partial charge in [0.1, 0.15) is 11.6 Å². The van der Waals surface area contributed by atoms with Gasteiger partial charge in [0.2, 0.25) is 10.0 Å². The molecule has 28 heavy (non-hydrogen) atoms. The van der Waals surface area contributed by atoms with Gasteiger partial charge in [-0.05, 0) is 24.1 Å². The monoisotopic (exact) mass is 400 g/mol. The van der Waals surface area contributed by atoms with E-state index in [0.717, 1.165) is 5.56 Å². The Morgan fingerprint density at radius 3 is 2.29 bits per heavy atom. The lowest BCUT2D eigenvalue weighted by atomic mass is 9.91. The van der Waals surface area contributed by atoms with E-state index >= 15 is 0 Å². The molecule has 3 aromatic rings. The fraction of sp³-hybridized carbons (Fsp3) is 0.200. The summed E-state index contributed by atoms with van der Waals surface area (Å²) in [7, 11) is -3.83. The van der Waals surface area contributed by atoms with Gasteiger partial charge < -0.3 is 9.63 Å². The van der Waals surface area contributed by atoms with Crippen molar-refractivity contribution in [2.75, 3.05) is 0 Å². The van der Waals surface area contributed by atoms with Crippen LogP contribution in [-0.4, -0.2) is 24.7 Å². The van der Waals surface area contributed by atoms with Crippen molar-refractivity contribution in [1.29, 1.82) is 0 Å². The zero-order valence-corrected chi connectivity index (χ0v) is 16.0. The third-order valence-electron chi connectivity index (χ3n) is 4.43. The van der Waals surface area contributed by atoms with Gasteiger partial charge in [0.15, 0.2) is 5.76 Å². The van der Waals surface area contributed by atoms with Crippen molar-refractivity contribution < 1.29 is 22.8 Å². The average molecular weight is 400 g/mol. The Morgan fingerprint density at radius 2 is 1.75 bits per heavy atom. The molecule has 0 bridgehead atoms. The van der Waals surface area contributed by atoms with Gasteiger partial charge in [-0.1, -0.05) is 61.0 Å². The van der Waals surface area contributed by atoms with Gasteiger partial charge in [0, 0.05) is 5.56 Å². The molecule has 1 heterocycles. The first-order chi connectivity index (χ1) is 13.3. The van der Waals surface area contributed by atoms with Crippen LogP contribution in [0, 0.1) is 0 Å². The quantitative estimate of drug-likeness (QED) is 0.624. The smallest absolute Gasteiger partial charge is 0.312 e. The standard InChI is InChI=1S/C20H20N2O5S/c1-2-6-16(20(23)24)18-17(13-9-11-15(12-10-13)28(21,25)26)19(27-22-18)14-7-4-3-5-8-14/h3-5,7-12,16H,2,6H2,1H3,(H,23,24)(H2,21,25,26). The number of carbonyl (C=O) groups is 1. The van der Waals surface area contributed by atoms with E-state index < -0.39 is 21.9 Å². The first kappa shape index (κ1) is 19.8. The van der Waals surface area contributed by atoms with Crippen molar-refractivity contribution in [3.05, 3.63) is 60.3 Å². The van der Waals surface area contributed by atoms with Crippen LogP contribution < -0.4 is 5.14 Å². The number of primary sulfonamides is 1. The SMILES string of the molecule is CCCC(C(=O)O)c1noc(-c2ccccc2)c1-c1ccc(S(N)(=O)=O)cc1. The van der Waals surface area contributed by atoms with Gasteiger partial charge in [-0.3, -0.25) is 4.79 Å². The molecule has 1 atom stereocenters. The van der Waals surface area contributed by atoms with Crippen molar-refractivity contribution in [2.24, 2.45) is 5.14 Å². The number of benzene rings is 2. The number of nitrogens with two attached hydrogens (primary N) is 1. The fourth-order valence-electron chi connectivity index (χ4n) is 3.08. The first-order valence-electron chi connectivity index (χ1n) is 8.74. The van der Waals surface area contributed by atoms with Crippen LogP contribution in [0.3, 0.4) is 0 Å². The maximum Gasteiger partial charge on any atom is 0.312 e. The molecule has 0 spiro atoms. The van der Waals surface area contributed by atoms with Gasteiger partial charge in [0.05, 0.1) is 10.5 Å². The highest BCUT2D eigenvalue weighted by Crippen LogP contribution is 2.39. The van der Waals surface area contributed by atoms with E-state index in [4.69, 9.17) is 9.66 Å². The third kappa shape index (κ3) is 3.97. The number of aliphatic carboxylic acids is 1.